The van der Waals surface area contributed by atoms with Gasteiger partial charge in [-0.25, -0.2) is 14.2 Å². The number of thiazole rings is 1. The number of carboxylic acid groups (broad SMARTS) is 1. The molecule has 0 spiro atoms. The van der Waals surface area contributed by atoms with E-state index in [0.717, 1.165) is 23.5 Å². The van der Waals surface area contributed by atoms with Crippen LogP contribution < -0.4 is 5.32 Å². The average Bonchev–Trinajstić information content (AvgIpc) is 3.29. The van der Waals surface area contributed by atoms with Gasteiger partial charge in [0.1, 0.15) is 10.8 Å². The van der Waals surface area contributed by atoms with Gasteiger partial charge in [-0.15, -0.1) is 11.3 Å². The first-order chi connectivity index (χ1) is 16.1. The van der Waals surface area contributed by atoms with Crippen molar-refractivity contribution < 1.29 is 32.3 Å². The van der Waals surface area contributed by atoms with Crippen molar-refractivity contribution in [3.05, 3.63) is 94.6 Å². The molecule has 10 heteroatoms. The summed E-state index contributed by atoms with van der Waals surface area (Å²) in [4.78, 5) is 28.1. The Morgan fingerprint density at radius 3 is 2.26 bits per heavy atom. The third-order valence-electron chi connectivity index (χ3n) is 4.87. The fourth-order valence-electron chi connectivity index (χ4n) is 3.19. The first-order valence-electron chi connectivity index (χ1n) is 9.70. The number of amides is 1. The number of rotatable bonds is 5. The second-order valence-electron chi connectivity index (χ2n) is 7.11. The van der Waals surface area contributed by atoms with Gasteiger partial charge in [0, 0.05) is 22.2 Å². The Morgan fingerprint density at radius 2 is 1.62 bits per heavy atom. The third-order valence-corrected chi connectivity index (χ3v) is 5.74. The monoisotopic (exact) mass is 486 g/mol. The zero-order chi connectivity index (χ0) is 24.5. The highest BCUT2D eigenvalue weighted by molar-refractivity contribution is 7.13. The molecule has 0 fully saturated rings. The van der Waals surface area contributed by atoms with Gasteiger partial charge >= 0.3 is 12.1 Å². The van der Waals surface area contributed by atoms with Gasteiger partial charge < -0.3 is 10.4 Å². The predicted octanol–water partition coefficient (Wildman–Crippen LogP) is 6.59. The summed E-state index contributed by atoms with van der Waals surface area (Å²) >= 11 is 1.00. The Balaban J connectivity index is 1.54. The largest absolute Gasteiger partial charge is 0.478 e. The number of nitrogens with one attached hydrogen (secondary N) is 1. The van der Waals surface area contributed by atoms with Crippen LogP contribution in [0.25, 0.3) is 21.8 Å². The maximum absolute atomic E-state index is 14.2. The van der Waals surface area contributed by atoms with Crippen LogP contribution >= 0.6 is 11.3 Å². The van der Waals surface area contributed by atoms with Crippen LogP contribution in [-0.4, -0.2) is 22.0 Å². The molecule has 0 bridgehead atoms. The number of aromatic carboxylic acids is 1. The van der Waals surface area contributed by atoms with E-state index in [-0.39, 0.29) is 21.7 Å². The van der Waals surface area contributed by atoms with Crippen LogP contribution in [0.4, 0.5) is 23.2 Å². The lowest BCUT2D eigenvalue weighted by molar-refractivity contribution is -0.137. The molecule has 0 aliphatic heterocycles. The Bertz CT molecular complexity index is 1380. The van der Waals surface area contributed by atoms with Crippen LogP contribution in [0.5, 0.6) is 0 Å². The number of carboxylic acids is 1. The lowest BCUT2D eigenvalue weighted by Crippen LogP contribution is -2.16. The van der Waals surface area contributed by atoms with Gasteiger partial charge in [0.2, 0.25) is 0 Å². The Kier molecular flexibility index (Phi) is 6.16. The van der Waals surface area contributed by atoms with Crippen molar-refractivity contribution in [1.82, 2.24) is 4.98 Å². The molecule has 172 valence electrons. The number of anilines is 1. The first kappa shape index (κ1) is 23.1. The predicted molar refractivity (Wildman–Crippen MR) is 119 cm³/mol. The van der Waals surface area contributed by atoms with Gasteiger partial charge in [-0.1, -0.05) is 24.3 Å². The van der Waals surface area contributed by atoms with Gasteiger partial charge in [0.25, 0.3) is 5.91 Å². The fraction of sp³-hybridized carbons (Fsp3) is 0.0417. The Morgan fingerprint density at radius 1 is 0.941 bits per heavy atom. The molecule has 2 N–H and O–H groups in total. The van der Waals surface area contributed by atoms with E-state index in [9.17, 15) is 32.3 Å². The molecule has 4 aromatic rings. The molecular weight excluding hydrogens is 472 g/mol. The van der Waals surface area contributed by atoms with Gasteiger partial charge in [0.05, 0.1) is 22.4 Å². The second kappa shape index (κ2) is 9.06. The minimum atomic E-state index is -4.60. The van der Waals surface area contributed by atoms with Crippen LogP contribution in [0.15, 0.2) is 72.1 Å². The lowest BCUT2D eigenvalue weighted by atomic mass is 10.1. The van der Waals surface area contributed by atoms with E-state index >= 15 is 0 Å². The second-order valence-corrected chi connectivity index (χ2v) is 7.97. The number of benzene rings is 3. The van der Waals surface area contributed by atoms with Crippen molar-refractivity contribution in [2.24, 2.45) is 0 Å². The van der Waals surface area contributed by atoms with E-state index in [1.54, 1.807) is 35.7 Å². The van der Waals surface area contributed by atoms with Crippen LogP contribution in [0.2, 0.25) is 0 Å². The molecule has 0 radical (unpaired) electrons. The molecule has 1 amide bonds. The first-order valence-corrected chi connectivity index (χ1v) is 10.6. The topological polar surface area (TPSA) is 79.3 Å². The molecule has 1 heterocycles. The van der Waals surface area contributed by atoms with E-state index in [1.807, 2.05) is 0 Å². The summed E-state index contributed by atoms with van der Waals surface area (Å²) in [5, 5.41) is 13.5. The third kappa shape index (κ3) is 4.81. The zero-order valence-corrected chi connectivity index (χ0v) is 17.9. The molecule has 1 aromatic heterocycles. The molecule has 0 saturated heterocycles. The quantitative estimate of drug-likeness (QED) is 0.312. The highest BCUT2D eigenvalue weighted by Gasteiger charge is 2.31. The minimum Gasteiger partial charge on any atom is -0.478 e. The van der Waals surface area contributed by atoms with Crippen molar-refractivity contribution in [3.8, 4) is 21.8 Å². The zero-order valence-electron chi connectivity index (χ0n) is 17.1. The number of aromatic nitrogens is 1. The number of carbonyl (C=O) groups excluding carboxylic acids is 1. The summed E-state index contributed by atoms with van der Waals surface area (Å²) in [5.41, 5.74) is 0.0788. The molecule has 0 aliphatic rings. The molecule has 4 rings (SSSR count). The van der Waals surface area contributed by atoms with Crippen molar-refractivity contribution in [2.45, 2.75) is 6.18 Å². The maximum Gasteiger partial charge on any atom is 0.416 e. The normalized spacial score (nSPS) is 11.3. The number of hydrogen-bond acceptors (Lipinski definition) is 4. The van der Waals surface area contributed by atoms with Crippen LogP contribution in [0, 0.1) is 5.82 Å². The summed E-state index contributed by atoms with van der Waals surface area (Å²) in [5.74, 6) is -2.63. The van der Waals surface area contributed by atoms with Gasteiger partial charge in [-0.2, -0.15) is 13.2 Å². The van der Waals surface area contributed by atoms with Gasteiger partial charge in [-0.3, -0.25) is 4.79 Å². The van der Waals surface area contributed by atoms with Crippen molar-refractivity contribution in [2.75, 3.05) is 5.32 Å². The van der Waals surface area contributed by atoms with E-state index in [0.29, 0.717) is 23.0 Å². The fourth-order valence-corrected chi connectivity index (χ4v) is 4.03. The number of carbonyl (C=O) groups is 2. The van der Waals surface area contributed by atoms with Crippen molar-refractivity contribution in [3.63, 3.8) is 0 Å². The number of nitrogens with zero attached hydrogens (tertiary/aromatic N) is 1. The van der Waals surface area contributed by atoms with E-state index in [1.165, 1.54) is 18.2 Å². The van der Waals surface area contributed by atoms with Crippen molar-refractivity contribution >= 4 is 28.9 Å². The van der Waals surface area contributed by atoms with E-state index in [4.69, 9.17) is 0 Å². The maximum atomic E-state index is 14.2. The molecule has 3 aromatic carbocycles. The molecule has 34 heavy (non-hydrogen) atoms. The Hall–Kier alpha value is -4.05. The smallest absolute Gasteiger partial charge is 0.416 e. The van der Waals surface area contributed by atoms with Crippen LogP contribution in [0.1, 0.15) is 26.3 Å². The molecule has 0 unspecified atom stereocenters. The SMILES string of the molecule is O=C(O)c1ccccc1C(=O)Nc1ccc(-c2csc(-c3cc(C(F)(F)F)ccc3F)n2)cc1. The summed E-state index contributed by atoms with van der Waals surface area (Å²) in [6.45, 7) is 0. The molecule has 0 atom stereocenters. The van der Waals surface area contributed by atoms with Crippen LogP contribution in [0.3, 0.4) is 0 Å². The molecule has 0 saturated carbocycles. The summed E-state index contributed by atoms with van der Waals surface area (Å²) in [7, 11) is 0. The minimum absolute atomic E-state index is 0.00586. The highest BCUT2D eigenvalue weighted by Crippen LogP contribution is 2.36. The van der Waals surface area contributed by atoms with Crippen molar-refractivity contribution in [1.29, 1.82) is 0 Å². The molecule has 5 nitrogen and oxygen atoms in total. The Labute approximate surface area is 194 Å². The summed E-state index contributed by atoms with van der Waals surface area (Å²) < 4.78 is 53.1. The van der Waals surface area contributed by atoms with Gasteiger partial charge in [-0.05, 0) is 42.5 Å². The molecule has 0 aliphatic carbocycles. The number of halogens is 4. The lowest BCUT2D eigenvalue weighted by Gasteiger charge is -2.08. The van der Waals surface area contributed by atoms with Gasteiger partial charge in [0.15, 0.2) is 0 Å². The molecular formula is C24H14F4N2O3S. The standard InChI is InChI=1S/C24H14F4N2O3S/c25-19-10-7-14(24(26,27)28)11-18(19)22-30-20(12-34-22)13-5-8-15(9-6-13)29-21(31)16-3-1-2-4-17(16)23(32)33/h1-12H,(H,29,31)(H,32,33). The van der Waals surface area contributed by atoms with E-state index < -0.39 is 29.4 Å². The number of hydrogen-bond donors (Lipinski definition) is 2. The number of alkyl halides is 3. The summed E-state index contributed by atoms with van der Waals surface area (Å²) in [6.07, 6.45) is -4.60. The highest BCUT2D eigenvalue weighted by atomic mass is 32.1. The van der Waals surface area contributed by atoms with Crippen LogP contribution in [-0.2, 0) is 6.18 Å². The average molecular weight is 486 g/mol. The summed E-state index contributed by atoms with van der Waals surface area (Å²) in [6, 6.07) is 14.4. The van der Waals surface area contributed by atoms with E-state index in [2.05, 4.69) is 10.3 Å².